The molecule has 1 atom stereocenters. The predicted molar refractivity (Wildman–Crippen MR) is 118 cm³/mol. The zero-order chi connectivity index (χ0) is 20.2. The summed E-state index contributed by atoms with van der Waals surface area (Å²) in [5.74, 6) is 0.913. The summed E-state index contributed by atoms with van der Waals surface area (Å²) in [6, 6.07) is 17.5. The van der Waals surface area contributed by atoms with E-state index in [-0.39, 0.29) is 0 Å². The average molecular weight is 389 g/mol. The Kier molecular flexibility index (Phi) is 5.73. The number of H-pyrrole nitrogens is 1. The summed E-state index contributed by atoms with van der Waals surface area (Å²) >= 11 is 0. The number of rotatable bonds is 6. The zero-order valence-electron chi connectivity index (χ0n) is 17.2. The quantitative estimate of drug-likeness (QED) is 0.688. The van der Waals surface area contributed by atoms with Crippen molar-refractivity contribution in [2.24, 2.45) is 0 Å². The summed E-state index contributed by atoms with van der Waals surface area (Å²) in [6.07, 6.45) is 3.96. The molecule has 1 fully saturated rings. The van der Waals surface area contributed by atoms with Crippen molar-refractivity contribution in [2.75, 3.05) is 38.2 Å². The number of aromatic nitrogens is 1. The number of nitriles is 1. The zero-order valence-corrected chi connectivity index (χ0v) is 17.2. The van der Waals surface area contributed by atoms with Gasteiger partial charge in [-0.05, 0) is 56.1 Å². The Morgan fingerprint density at radius 3 is 2.90 bits per heavy atom. The molecular weight excluding hydrogens is 360 g/mol. The molecule has 0 bridgehead atoms. The van der Waals surface area contributed by atoms with Gasteiger partial charge in [-0.15, -0.1) is 0 Å². The molecule has 5 heteroatoms. The summed E-state index contributed by atoms with van der Waals surface area (Å²) < 4.78 is 5.38. The fourth-order valence-corrected chi connectivity index (χ4v) is 4.33. The smallest absolute Gasteiger partial charge is 0.120 e. The van der Waals surface area contributed by atoms with Crippen LogP contribution in [0.2, 0.25) is 0 Å². The van der Waals surface area contributed by atoms with Gasteiger partial charge >= 0.3 is 0 Å². The highest BCUT2D eigenvalue weighted by molar-refractivity contribution is 5.86. The van der Waals surface area contributed by atoms with Gasteiger partial charge in [-0.1, -0.05) is 12.1 Å². The van der Waals surface area contributed by atoms with Crippen molar-refractivity contribution < 1.29 is 4.74 Å². The van der Waals surface area contributed by atoms with Crippen LogP contribution in [0.4, 0.5) is 5.69 Å². The van der Waals surface area contributed by atoms with Gasteiger partial charge < -0.3 is 14.6 Å². The predicted octanol–water partition coefficient (Wildman–Crippen LogP) is 4.19. The Morgan fingerprint density at radius 1 is 1.21 bits per heavy atom. The first-order valence-corrected chi connectivity index (χ1v) is 10.3. The molecule has 5 nitrogen and oxygen atoms in total. The van der Waals surface area contributed by atoms with Crippen molar-refractivity contribution in [3.05, 3.63) is 59.8 Å². The lowest BCUT2D eigenvalue weighted by atomic mass is 10.1. The van der Waals surface area contributed by atoms with Crippen LogP contribution in [-0.2, 0) is 6.42 Å². The second kappa shape index (κ2) is 8.59. The standard InChI is InChI=1S/C24H28N4O/c1-18-17-27(11-12-28(18)21-6-3-7-22(14-21)29-2)10-4-5-19-8-9-24-23(13-19)20(15-25)16-26-24/h3,6-9,13-14,16,18,26H,4-5,10-12,17H2,1-2H3. The molecule has 1 aliphatic rings. The third-order valence-corrected chi connectivity index (χ3v) is 5.90. The van der Waals surface area contributed by atoms with E-state index in [0.717, 1.165) is 61.2 Å². The number of aromatic amines is 1. The molecular formula is C24H28N4O. The number of piperazine rings is 1. The Balaban J connectivity index is 1.31. The van der Waals surface area contributed by atoms with E-state index >= 15 is 0 Å². The number of hydrogen-bond donors (Lipinski definition) is 1. The van der Waals surface area contributed by atoms with Crippen LogP contribution < -0.4 is 9.64 Å². The number of ether oxygens (including phenoxy) is 1. The summed E-state index contributed by atoms with van der Waals surface area (Å²) in [5.41, 5.74) is 4.30. The first-order chi connectivity index (χ1) is 14.2. The first kappa shape index (κ1) is 19.4. The van der Waals surface area contributed by atoms with E-state index in [1.54, 1.807) is 13.3 Å². The molecule has 2 aromatic carbocycles. The van der Waals surface area contributed by atoms with E-state index in [0.29, 0.717) is 6.04 Å². The monoisotopic (exact) mass is 388 g/mol. The lowest BCUT2D eigenvalue weighted by Gasteiger charge is -2.41. The van der Waals surface area contributed by atoms with Gasteiger partial charge in [0.2, 0.25) is 0 Å². The maximum Gasteiger partial charge on any atom is 0.120 e. The lowest BCUT2D eigenvalue weighted by molar-refractivity contribution is 0.226. The molecule has 2 heterocycles. The second-order valence-electron chi connectivity index (χ2n) is 7.84. The highest BCUT2D eigenvalue weighted by Gasteiger charge is 2.23. The number of nitrogens with zero attached hydrogens (tertiary/aromatic N) is 3. The van der Waals surface area contributed by atoms with Crippen molar-refractivity contribution in [1.82, 2.24) is 9.88 Å². The third-order valence-electron chi connectivity index (χ3n) is 5.90. The van der Waals surface area contributed by atoms with Crippen molar-refractivity contribution in [3.8, 4) is 11.8 Å². The Hall–Kier alpha value is -2.97. The van der Waals surface area contributed by atoms with E-state index in [2.05, 4.69) is 64.2 Å². The van der Waals surface area contributed by atoms with Crippen molar-refractivity contribution in [3.63, 3.8) is 0 Å². The van der Waals surface area contributed by atoms with Crippen LogP contribution >= 0.6 is 0 Å². The Morgan fingerprint density at radius 2 is 2.10 bits per heavy atom. The number of anilines is 1. The number of benzene rings is 2. The van der Waals surface area contributed by atoms with Crippen molar-refractivity contribution in [2.45, 2.75) is 25.8 Å². The highest BCUT2D eigenvalue weighted by atomic mass is 16.5. The number of methoxy groups -OCH3 is 1. The summed E-state index contributed by atoms with van der Waals surface area (Å²) in [5, 5.41) is 10.3. The molecule has 3 aromatic rings. The topological polar surface area (TPSA) is 55.3 Å². The van der Waals surface area contributed by atoms with Crippen LogP contribution in [-0.4, -0.2) is 49.2 Å². The van der Waals surface area contributed by atoms with Crippen LogP contribution in [0, 0.1) is 11.3 Å². The average Bonchev–Trinajstić information content (AvgIpc) is 3.16. The molecule has 0 aliphatic carbocycles. The maximum atomic E-state index is 9.23. The summed E-state index contributed by atoms with van der Waals surface area (Å²) in [7, 11) is 1.72. The minimum Gasteiger partial charge on any atom is -0.497 e. The largest absolute Gasteiger partial charge is 0.497 e. The molecule has 1 saturated heterocycles. The fourth-order valence-electron chi connectivity index (χ4n) is 4.33. The molecule has 1 aromatic heterocycles. The van der Waals surface area contributed by atoms with Gasteiger partial charge in [0.15, 0.2) is 0 Å². The van der Waals surface area contributed by atoms with Crippen LogP contribution in [0.3, 0.4) is 0 Å². The molecule has 1 aliphatic heterocycles. The number of hydrogen-bond acceptors (Lipinski definition) is 4. The number of aryl methyl sites for hydroxylation is 1. The molecule has 0 saturated carbocycles. The minimum absolute atomic E-state index is 0.477. The highest BCUT2D eigenvalue weighted by Crippen LogP contribution is 2.25. The van der Waals surface area contributed by atoms with Gasteiger partial charge in [0.25, 0.3) is 0 Å². The van der Waals surface area contributed by atoms with E-state index in [9.17, 15) is 5.26 Å². The Labute approximate surface area is 172 Å². The third kappa shape index (κ3) is 4.23. The van der Waals surface area contributed by atoms with E-state index in [1.165, 1.54) is 11.3 Å². The minimum atomic E-state index is 0.477. The van der Waals surface area contributed by atoms with Gasteiger partial charge in [0, 0.05) is 54.5 Å². The SMILES string of the molecule is COc1cccc(N2CCN(CCCc3ccc4[nH]cc(C#N)c4c3)CC2C)c1. The molecule has 0 spiro atoms. The van der Waals surface area contributed by atoms with E-state index < -0.39 is 0 Å². The summed E-state index contributed by atoms with van der Waals surface area (Å²) in [6.45, 7) is 6.60. The van der Waals surface area contributed by atoms with E-state index in [1.807, 2.05) is 6.07 Å². The number of fused-ring (bicyclic) bond motifs is 1. The van der Waals surface area contributed by atoms with Gasteiger partial charge in [-0.3, -0.25) is 4.90 Å². The van der Waals surface area contributed by atoms with Gasteiger partial charge in [0.1, 0.15) is 11.8 Å². The first-order valence-electron chi connectivity index (χ1n) is 10.3. The van der Waals surface area contributed by atoms with Crippen molar-refractivity contribution in [1.29, 1.82) is 5.26 Å². The second-order valence-corrected chi connectivity index (χ2v) is 7.84. The molecule has 0 radical (unpaired) electrons. The van der Waals surface area contributed by atoms with Crippen LogP contribution in [0.1, 0.15) is 24.5 Å². The van der Waals surface area contributed by atoms with Crippen LogP contribution in [0.5, 0.6) is 5.75 Å². The van der Waals surface area contributed by atoms with Crippen LogP contribution in [0.25, 0.3) is 10.9 Å². The Bertz CT molecular complexity index is 1020. The molecule has 150 valence electrons. The van der Waals surface area contributed by atoms with Crippen LogP contribution in [0.15, 0.2) is 48.7 Å². The molecule has 1 N–H and O–H groups in total. The molecule has 0 amide bonds. The summed E-state index contributed by atoms with van der Waals surface area (Å²) in [4.78, 5) is 8.20. The molecule has 29 heavy (non-hydrogen) atoms. The molecule has 1 unspecified atom stereocenters. The van der Waals surface area contributed by atoms with E-state index in [4.69, 9.17) is 4.74 Å². The van der Waals surface area contributed by atoms with Gasteiger partial charge in [-0.2, -0.15) is 5.26 Å². The van der Waals surface area contributed by atoms with Gasteiger partial charge in [-0.25, -0.2) is 0 Å². The normalized spacial score (nSPS) is 17.4. The van der Waals surface area contributed by atoms with Gasteiger partial charge in [0.05, 0.1) is 12.7 Å². The number of nitrogens with one attached hydrogen (secondary N) is 1. The lowest BCUT2D eigenvalue weighted by Crippen LogP contribution is -2.52. The molecule has 4 rings (SSSR count). The van der Waals surface area contributed by atoms with Crippen molar-refractivity contribution >= 4 is 16.6 Å². The maximum absolute atomic E-state index is 9.23. The fraction of sp³-hybridized carbons (Fsp3) is 0.375.